The van der Waals surface area contributed by atoms with Gasteiger partial charge < -0.3 is 11.1 Å². The Bertz CT molecular complexity index is 1070. The minimum atomic E-state index is -0.699. The van der Waals surface area contributed by atoms with Gasteiger partial charge in [-0.25, -0.2) is 0 Å². The molecule has 0 atom stereocenters. The molecule has 0 radical (unpaired) electrons. The summed E-state index contributed by atoms with van der Waals surface area (Å²) in [6.45, 7) is 4.13. The topological polar surface area (TPSA) is 124 Å². The molecule has 0 aliphatic carbocycles. The van der Waals surface area contributed by atoms with E-state index in [-0.39, 0.29) is 11.3 Å². The van der Waals surface area contributed by atoms with Crippen LogP contribution < -0.4 is 11.1 Å². The number of para-hydroxylation sites is 1. The van der Waals surface area contributed by atoms with Gasteiger partial charge in [0.1, 0.15) is 0 Å². The van der Waals surface area contributed by atoms with E-state index in [1.54, 1.807) is 6.07 Å². The van der Waals surface area contributed by atoms with Crippen LogP contribution in [0.1, 0.15) is 34.0 Å². The third-order valence-corrected chi connectivity index (χ3v) is 6.32. The molecule has 1 heterocycles. The van der Waals surface area contributed by atoms with E-state index < -0.39 is 10.8 Å². The van der Waals surface area contributed by atoms with Gasteiger partial charge in [-0.1, -0.05) is 54.3 Å². The number of benzene rings is 2. The van der Waals surface area contributed by atoms with Crippen LogP contribution in [0.25, 0.3) is 0 Å². The minimum Gasteiger partial charge on any atom is -0.366 e. The van der Waals surface area contributed by atoms with Crippen LogP contribution in [0.4, 0.5) is 16.5 Å². The van der Waals surface area contributed by atoms with E-state index in [0.717, 1.165) is 17.7 Å². The second-order valence-corrected chi connectivity index (χ2v) is 8.41. The second kappa shape index (κ2) is 9.01. The Morgan fingerprint density at radius 1 is 1.28 bits per heavy atom. The summed E-state index contributed by atoms with van der Waals surface area (Å²) < 4.78 is 0.687. The number of hydrogen-bond acceptors (Lipinski definition) is 8. The number of rotatable bonds is 8. The highest BCUT2D eigenvalue weighted by atomic mass is 32.2. The highest BCUT2D eigenvalue weighted by molar-refractivity contribution is 8.00. The normalized spacial score (nSPS) is 10.7. The van der Waals surface area contributed by atoms with Gasteiger partial charge in [-0.15, -0.1) is 10.2 Å². The summed E-state index contributed by atoms with van der Waals surface area (Å²) in [7, 11) is 0. The Labute approximate surface area is 175 Å². The quantitative estimate of drug-likeness (QED) is 0.308. The van der Waals surface area contributed by atoms with E-state index in [9.17, 15) is 14.9 Å². The van der Waals surface area contributed by atoms with Crippen LogP contribution in [-0.2, 0) is 12.2 Å². The molecule has 2 aromatic carbocycles. The van der Waals surface area contributed by atoms with Gasteiger partial charge in [-0.3, -0.25) is 14.9 Å². The zero-order valence-electron chi connectivity index (χ0n) is 15.8. The van der Waals surface area contributed by atoms with Crippen molar-refractivity contribution in [3.63, 3.8) is 0 Å². The van der Waals surface area contributed by atoms with Crippen LogP contribution in [0.5, 0.6) is 0 Å². The lowest BCUT2D eigenvalue weighted by molar-refractivity contribution is -0.385. The number of anilines is 2. The molecule has 150 valence electrons. The smallest absolute Gasteiger partial charge is 0.274 e. The maximum Gasteiger partial charge on any atom is 0.274 e. The third kappa shape index (κ3) is 4.90. The average molecular weight is 430 g/mol. The molecule has 0 saturated carbocycles. The monoisotopic (exact) mass is 429 g/mol. The first-order valence-corrected chi connectivity index (χ1v) is 10.6. The summed E-state index contributed by atoms with van der Waals surface area (Å²) in [5.74, 6) is -0.371. The fourth-order valence-electron chi connectivity index (χ4n) is 2.78. The molecule has 0 unspecified atom stereocenters. The highest BCUT2D eigenvalue weighted by Gasteiger charge is 2.17. The van der Waals surface area contributed by atoms with Crippen molar-refractivity contribution >= 4 is 45.5 Å². The Kier molecular flexibility index (Phi) is 6.45. The first-order valence-electron chi connectivity index (χ1n) is 8.78. The molecule has 0 fully saturated rings. The Morgan fingerprint density at radius 2 is 2.07 bits per heavy atom. The van der Waals surface area contributed by atoms with Crippen LogP contribution in [0.15, 0.2) is 40.7 Å². The van der Waals surface area contributed by atoms with Crippen molar-refractivity contribution in [2.24, 2.45) is 5.73 Å². The van der Waals surface area contributed by atoms with E-state index in [0.29, 0.717) is 20.8 Å². The van der Waals surface area contributed by atoms with Gasteiger partial charge in [0.25, 0.3) is 5.69 Å². The van der Waals surface area contributed by atoms with Gasteiger partial charge in [0, 0.05) is 28.6 Å². The van der Waals surface area contributed by atoms with Gasteiger partial charge >= 0.3 is 0 Å². The lowest BCUT2D eigenvalue weighted by Crippen LogP contribution is -2.11. The molecule has 10 heteroatoms. The van der Waals surface area contributed by atoms with Crippen LogP contribution in [0, 0.1) is 17.0 Å². The molecule has 0 bridgehead atoms. The number of primary amides is 1. The summed E-state index contributed by atoms with van der Waals surface area (Å²) in [6, 6.07) is 10.4. The van der Waals surface area contributed by atoms with Crippen molar-refractivity contribution in [3.05, 3.63) is 68.8 Å². The van der Waals surface area contributed by atoms with Gasteiger partial charge in [0.05, 0.1) is 4.92 Å². The van der Waals surface area contributed by atoms with Crippen LogP contribution in [0.2, 0.25) is 0 Å². The van der Waals surface area contributed by atoms with Crippen molar-refractivity contribution in [1.29, 1.82) is 0 Å². The molecule has 3 aromatic rings. The average Bonchev–Trinajstić information content (AvgIpc) is 3.15. The first-order chi connectivity index (χ1) is 13.9. The molecule has 0 aliphatic rings. The molecule has 1 amide bonds. The zero-order valence-corrected chi connectivity index (χ0v) is 17.5. The summed E-state index contributed by atoms with van der Waals surface area (Å²) >= 11 is 2.73. The summed E-state index contributed by atoms with van der Waals surface area (Å²) in [6.07, 6.45) is 0.898. The number of nitrogens with zero attached hydrogens (tertiary/aromatic N) is 3. The van der Waals surface area contributed by atoms with Crippen molar-refractivity contribution in [1.82, 2.24) is 10.2 Å². The summed E-state index contributed by atoms with van der Waals surface area (Å²) in [5.41, 5.74) is 9.01. The van der Waals surface area contributed by atoms with Gasteiger partial charge in [0.15, 0.2) is 4.34 Å². The van der Waals surface area contributed by atoms with Crippen molar-refractivity contribution in [3.8, 4) is 0 Å². The van der Waals surface area contributed by atoms with E-state index in [4.69, 9.17) is 5.73 Å². The van der Waals surface area contributed by atoms with Gasteiger partial charge in [-0.05, 0) is 30.5 Å². The first kappa shape index (κ1) is 20.7. The summed E-state index contributed by atoms with van der Waals surface area (Å²) in [4.78, 5) is 22.1. The molecular formula is C19H19N5O3S2. The SMILES string of the molecule is CCc1cccc(C)c1Nc1nnc(SCc2ccc(C(N)=O)cc2[N+](=O)[O-])s1. The van der Waals surface area contributed by atoms with E-state index in [2.05, 4.69) is 28.5 Å². The Morgan fingerprint density at radius 3 is 2.76 bits per heavy atom. The number of carbonyl (C=O) groups is 1. The molecule has 0 aliphatic heterocycles. The molecule has 1 aromatic heterocycles. The molecule has 29 heavy (non-hydrogen) atoms. The van der Waals surface area contributed by atoms with Crippen molar-refractivity contribution in [2.75, 3.05) is 5.32 Å². The van der Waals surface area contributed by atoms with Gasteiger partial charge in [0.2, 0.25) is 11.0 Å². The number of thioether (sulfide) groups is 1. The molecule has 3 N–H and O–H groups in total. The number of nitrogens with one attached hydrogen (secondary N) is 1. The lowest BCUT2D eigenvalue weighted by Gasteiger charge is -2.11. The molecule has 0 spiro atoms. The van der Waals surface area contributed by atoms with Crippen LogP contribution in [0.3, 0.4) is 0 Å². The zero-order chi connectivity index (χ0) is 21.0. The molecule has 8 nitrogen and oxygen atoms in total. The minimum absolute atomic E-state index is 0.109. The van der Waals surface area contributed by atoms with Gasteiger partial charge in [-0.2, -0.15) is 0 Å². The highest BCUT2D eigenvalue weighted by Crippen LogP contribution is 2.34. The number of nitrogens with two attached hydrogens (primary N) is 1. The largest absolute Gasteiger partial charge is 0.366 e. The standard InChI is InChI=1S/C19H19N5O3S2/c1-3-12-6-4-5-11(2)16(12)21-18-22-23-19(29-18)28-10-14-8-7-13(17(20)25)9-15(14)24(26)27/h4-9H,3,10H2,1-2H3,(H2,20,25)(H,21,22). The number of aryl methyl sites for hydroxylation is 2. The van der Waals surface area contributed by atoms with E-state index in [1.807, 2.05) is 19.1 Å². The lowest BCUT2D eigenvalue weighted by atomic mass is 10.1. The van der Waals surface area contributed by atoms with Crippen LogP contribution in [-0.4, -0.2) is 21.0 Å². The predicted molar refractivity (Wildman–Crippen MR) is 115 cm³/mol. The van der Waals surface area contributed by atoms with Crippen molar-refractivity contribution < 1.29 is 9.72 Å². The van der Waals surface area contributed by atoms with Crippen molar-refractivity contribution in [2.45, 2.75) is 30.4 Å². The molecule has 0 saturated heterocycles. The number of carbonyl (C=O) groups excluding carboxylic acids is 1. The fourth-order valence-corrected chi connectivity index (χ4v) is 4.53. The number of hydrogen-bond donors (Lipinski definition) is 2. The maximum absolute atomic E-state index is 11.3. The molecular weight excluding hydrogens is 410 g/mol. The number of nitro groups is 1. The number of aromatic nitrogens is 2. The predicted octanol–water partition coefficient (Wildman–Crippen LogP) is 4.45. The Hall–Kier alpha value is -2.98. The van der Waals surface area contributed by atoms with Crippen LogP contribution >= 0.6 is 23.1 Å². The third-order valence-electron chi connectivity index (χ3n) is 4.30. The van der Waals surface area contributed by atoms with E-state index >= 15 is 0 Å². The fraction of sp³-hybridized carbons (Fsp3) is 0.211. The Balaban J connectivity index is 1.73. The number of nitro benzene ring substituents is 1. The van der Waals surface area contributed by atoms with E-state index in [1.165, 1.54) is 40.8 Å². The summed E-state index contributed by atoms with van der Waals surface area (Å²) in [5, 5.41) is 23.6. The maximum atomic E-state index is 11.3. The second-order valence-electron chi connectivity index (χ2n) is 6.21. The molecule has 3 rings (SSSR count). The number of amides is 1.